The van der Waals surface area contributed by atoms with Crippen LogP contribution in [0.3, 0.4) is 0 Å². The van der Waals surface area contributed by atoms with E-state index in [9.17, 15) is 4.79 Å². The van der Waals surface area contributed by atoms with Gasteiger partial charge >= 0.3 is 0 Å². The van der Waals surface area contributed by atoms with Crippen molar-refractivity contribution in [1.29, 1.82) is 0 Å². The van der Waals surface area contributed by atoms with E-state index in [1.165, 1.54) is 0 Å². The Hall–Kier alpha value is -0.380. The van der Waals surface area contributed by atoms with E-state index in [0.717, 1.165) is 0 Å². The predicted octanol–water partition coefficient (Wildman–Crippen LogP) is 3.25. The van der Waals surface area contributed by atoms with Crippen LogP contribution in [0.5, 0.6) is 0 Å². The third-order valence-electron chi connectivity index (χ3n) is 1.54. The first kappa shape index (κ1) is 11.7. The Morgan fingerprint density at radius 2 is 2.14 bits per heavy atom. The number of amides is 1. The molecule has 1 amide bonds. The Balaban J connectivity index is 2.75. The van der Waals surface area contributed by atoms with Crippen molar-refractivity contribution in [1.82, 2.24) is 0 Å². The maximum atomic E-state index is 11.2. The lowest BCUT2D eigenvalue weighted by Gasteiger charge is -2.06. The molecule has 0 saturated heterocycles. The maximum Gasteiger partial charge on any atom is 0.225 e. The second-order valence-corrected chi connectivity index (χ2v) is 3.94. The number of rotatable bonds is 3. The summed E-state index contributed by atoms with van der Waals surface area (Å²) in [5, 5.41) is 3.66. The lowest BCUT2D eigenvalue weighted by Crippen LogP contribution is -2.11. The van der Waals surface area contributed by atoms with Gasteiger partial charge in [-0.2, -0.15) is 12.6 Å². The second-order valence-electron chi connectivity index (χ2n) is 2.65. The Morgan fingerprint density at radius 1 is 1.43 bits per heavy atom. The number of carbonyl (C=O) groups is 1. The van der Waals surface area contributed by atoms with Crippen molar-refractivity contribution in [3.8, 4) is 0 Å². The van der Waals surface area contributed by atoms with Gasteiger partial charge in [0.15, 0.2) is 0 Å². The standard InChI is InChI=1S/C9H9Cl2NOS/c10-6-1-2-7(11)8(5-6)12-9(13)3-4-14/h1-2,5,14H,3-4H2,(H,12,13). The van der Waals surface area contributed by atoms with Crippen LogP contribution in [-0.4, -0.2) is 11.7 Å². The highest BCUT2D eigenvalue weighted by Crippen LogP contribution is 2.25. The van der Waals surface area contributed by atoms with Crippen molar-refractivity contribution in [3.05, 3.63) is 28.2 Å². The first-order chi connectivity index (χ1) is 6.63. The average molecular weight is 250 g/mol. The van der Waals surface area contributed by atoms with E-state index < -0.39 is 0 Å². The number of benzene rings is 1. The minimum absolute atomic E-state index is 0.121. The highest BCUT2D eigenvalue weighted by atomic mass is 35.5. The van der Waals surface area contributed by atoms with Gasteiger partial charge in [0.2, 0.25) is 5.91 Å². The summed E-state index contributed by atoms with van der Waals surface area (Å²) >= 11 is 15.6. The second kappa shape index (κ2) is 5.49. The average Bonchev–Trinajstić information content (AvgIpc) is 2.12. The molecule has 76 valence electrons. The summed E-state index contributed by atoms with van der Waals surface area (Å²) in [4.78, 5) is 11.2. The SMILES string of the molecule is O=C(CCS)Nc1cc(Cl)ccc1Cl. The molecule has 0 fully saturated rings. The number of nitrogens with one attached hydrogen (secondary N) is 1. The Kier molecular flexibility index (Phi) is 4.58. The summed E-state index contributed by atoms with van der Waals surface area (Å²) in [5.41, 5.74) is 0.533. The van der Waals surface area contributed by atoms with Gasteiger partial charge in [0.05, 0.1) is 10.7 Å². The molecule has 0 unspecified atom stereocenters. The fraction of sp³-hybridized carbons (Fsp3) is 0.222. The molecule has 0 heterocycles. The van der Waals surface area contributed by atoms with E-state index in [4.69, 9.17) is 23.2 Å². The largest absolute Gasteiger partial charge is 0.325 e. The molecular formula is C9H9Cl2NOS. The molecule has 1 aromatic carbocycles. The summed E-state index contributed by atoms with van der Waals surface area (Å²) in [6.45, 7) is 0. The molecule has 0 aliphatic heterocycles. The molecule has 1 rings (SSSR count). The van der Waals surface area contributed by atoms with Gasteiger partial charge in [-0.1, -0.05) is 23.2 Å². The number of anilines is 1. The van der Waals surface area contributed by atoms with Gasteiger partial charge in [-0.25, -0.2) is 0 Å². The molecule has 0 bridgehead atoms. The molecular weight excluding hydrogens is 241 g/mol. The monoisotopic (exact) mass is 249 g/mol. The summed E-state index contributed by atoms with van der Waals surface area (Å²) in [5.74, 6) is 0.383. The fourth-order valence-electron chi connectivity index (χ4n) is 0.908. The van der Waals surface area contributed by atoms with Gasteiger partial charge in [0.25, 0.3) is 0 Å². The lowest BCUT2D eigenvalue weighted by molar-refractivity contribution is -0.115. The highest BCUT2D eigenvalue weighted by Gasteiger charge is 2.05. The van der Waals surface area contributed by atoms with Gasteiger partial charge < -0.3 is 5.32 Å². The van der Waals surface area contributed by atoms with Crippen molar-refractivity contribution >= 4 is 47.4 Å². The summed E-state index contributed by atoms with van der Waals surface area (Å²) in [6, 6.07) is 4.92. The molecule has 2 nitrogen and oxygen atoms in total. The molecule has 0 radical (unpaired) electrons. The maximum absolute atomic E-state index is 11.2. The summed E-state index contributed by atoms with van der Waals surface area (Å²) in [7, 11) is 0. The van der Waals surface area contributed by atoms with Crippen LogP contribution >= 0.6 is 35.8 Å². The number of thiol groups is 1. The minimum Gasteiger partial charge on any atom is -0.325 e. The van der Waals surface area contributed by atoms with Crippen LogP contribution in [0.25, 0.3) is 0 Å². The minimum atomic E-state index is -0.121. The van der Waals surface area contributed by atoms with E-state index in [0.29, 0.717) is 27.9 Å². The van der Waals surface area contributed by atoms with Crippen molar-refractivity contribution in [3.63, 3.8) is 0 Å². The van der Waals surface area contributed by atoms with Gasteiger partial charge in [0.1, 0.15) is 0 Å². The van der Waals surface area contributed by atoms with Gasteiger partial charge in [-0.3, -0.25) is 4.79 Å². The van der Waals surface area contributed by atoms with Gasteiger partial charge in [-0.05, 0) is 24.0 Å². The van der Waals surface area contributed by atoms with Crippen LogP contribution in [0.2, 0.25) is 10.0 Å². The lowest BCUT2D eigenvalue weighted by atomic mass is 10.3. The van der Waals surface area contributed by atoms with Crippen LogP contribution in [0, 0.1) is 0 Å². The summed E-state index contributed by atoms with van der Waals surface area (Å²) in [6.07, 6.45) is 0.353. The molecule has 0 aromatic heterocycles. The fourth-order valence-corrected chi connectivity index (χ4v) is 1.45. The quantitative estimate of drug-likeness (QED) is 0.792. The topological polar surface area (TPSA) is 29.1 Å². The first-order valence-corrected chi connectivity index (χ1v) is 5.38. The molecule has 5 heteroatoms. The van der Waals surface area contributed by atoms with Crippen molar-refractivity contribution in [2.45, 2.75) is 6.42 Å². The Morgan fingerprint density at radius 3 is 2.79 bits per heavy atom. The zero-order chi connectivity index (χ0) is 10.6. The molecule has 0 saturated carbocycles. The molecule has 0 atom stereocenters. The zero-order valence-corrected chi connectivity index (χ0v) is 9.66. The molecule has 0 aliphatic carbocycles. The molecule has 1 aromatic rings. The van der Waals surface area contributed by atoms with Crippen LogP contribution in [0.1, 0.15) is 6.42 Å². The van der Waals surface area contributed by atoms with Crippen LogP contribution in [-0.2, 0) is 4.79 Å². The smallest absolute Gasteiger partial charge is 0.225 e. The predicted molar refractivity (Wildman–Crippen MR) is 63.6 cm³/mol. The third kappa shape index (κ3) is 3.40. The summed E-state index contributed by atoms with van der Waals surface area (Å²) < 4.78 is 0. The molecule has 0 spiro atoms. The van der Waals surface area contributed by atoms with Crippen molar-refractivity contribution in [2.24, 2.45) is 0 Å². The Bertz CT molecular complexity index is 344. The molecule has 14 heavy (non-hydrogen) atoms. The highest BCUT2D eigenvalue weighted by molar-refractivity contribution is 7.80. The van der Waals surface area contributed by atoms with E-state index in [2.05, 4.69) is 17.9 Å². The van der Waals surface area contributed by atoms with E-state index >= 15 is 0 Å². The van der Waals surface area contributed by atoms with Crippen LogP contribution in [0.4, 0.5) is 5.69 Å². The van der Waals surface area contributed by atoms with E-state index in [1.54, 1.807) is 18.2 Å². The van der Waals surface area contributed by atoms with Crippen molar-refractivity contribution in [2.75, 3.05) is 11.1 Å². The van der Waals surface area contributed by atoms with Crippen LogP contribution < -0.4 is 5.32 Å². The normalized spacial score (nSPS) is 9.93. The number of hydrogen-bond acceptors (Lipinski definition) is 2. The van der Waals surface area contributed by atoms with E-state index in [1.807, 2.05) is 0 Å². The first-order valence-electron chi connectivity index (χ1n) is 3.99. The molecule has 0 aliphatic rings. The van der Waals surface area contributed by atoms with Crippen molar-refractivity contribution < 1.29 is 4.79 Å². The van der Waals surface area contributed by atoms with E-state index in [-0.39, 0.29) is 5.91 Å². The molecule has 1 N–H and O–H groups in total. The number of hydrogen-bond donors (Lipinski definition) is 2. The number of carbonyl (C=O) groups excluding carboxylic acids is 1. The van der Waals surface area contributed by atoms with Gasteiger partial charge in [0, 0.05) is 11.4 Å². The van der Waals surface area contributed by atoms with Gasteiger partial charge in [-0.15, -0.1) is 0 Å². The van der Waals surface area contributed by atoms with Crippen LogP contribution in [0.15, 0.2) is 18.2 Å². The third-order valence-corrected chi connectivity index (χ3v) is 2.33. The number of halogens is 2. The zero-order valence-electron chi connectivity index (χ0n) is 7.26. The Labute approximate surface area is 98.0 Å².